The molecule has 0 spiro atoms. The van der Waals surface area contributed by atoms with Gasteiger partial charge in [0.25, 0.3) is 5.56 Å². The molecule has 4 aromatic rings. The number of amides is 1. The van der Waals surface area contributed by atoms with Gasteiger partial charge in [-0.2, -0.15) is 0 Å². The molecule has 2 heterocycles. The Kier molecular flexibility index (Phi) is 5.21. The van der Waals surface area contributed by atoms with Gasteiger partial charge in [-0.3, -0.25) is 14.2 Å². The number of aromatic nitrogens is 5. The minimum atomic E-state index is -0.499. The molecule has 0 saturated carbocycles. The number of hydrogen-bond donors (Lipinski definition) is 1. The Morgan fingerprint density at radius 1 is 1.20 bits per heavy atom. The van der Waals surface area contributed by atoms with Crippen LogP contribution in [0.4, 0.5) is 10.1 Å². The van der Waals surface area contributed by atoms with Gasteiger partial charge in [0.1, 0.15) is 24.4 Å². The van der Waals surface area contributed by atoms with Crippen molar-refractivity contribution in [3.8, 4) is 5.75 Å². The molecule has 0 radical (unpaired) electrons. The zero-order valence-electron chi connectivity index (χ0n) is 15.9. The van der Waals surface area contributed by atoms with Crippen LogP contribution in [0.25, 0.3) is 11.2 Å². The van der Waals surface area contributed by atoms with Crippen molar-refractivity contribution in [2.75, 3.05) is 12.4 Å². The van der Waals surface area contributed by atoms with E-state index in [1.54, 1.807) is 36.4 Å². The van der Waals surface area contributed by atoms with Crippen molar-refractivity contribution in [3.63, 3.8) is 0 Å². The number of nitrogens with zero attached hydrogens (tertiary/aromatic N) is 5. The molecule has 152 valence electrons. The van der Waals surface area contributed by atoms with Crippen molar-refractivity contribution in [2.45, 2.75) is 13.1 Å². The van der Waals surface area contributed by atoms with E-state index in [0.717, 1.165) is 4.57 Å². The number of nitrogens with one attached hydrogen (secondary N) is 1. The number of anilines is 1. The van der Waals surface area contributed by atoms with Crippen LogP contribution in [0.2, 0.25) is 0 Å². The molecule has 1 N–H and O–H groups in total. The first-order valence-electron chi connectivity index (χ1n) is 9.01. The van der Waals surface area contributed by atoms with Gasteiger partial charge >= 0.3 is 0 Å². The van der Waals surface area contributed by atoms with Crippen molar-refractivity contribution < 1.29 is 13.9 Å². The van der Waals surface area contributed by atoms with Crippen molar-refractivity contribution >= 4 is 22.8 Å². The molecule has 10 heteroatoms. The second kappa shape index (κ2) is 8.11. The van der Waals surface area contributed by atoms with E-state index in [9.17, 15) is 14.0 Å². The summed E-state index contributed by atoms with van der Waals surface area (Å²) in [6.45, 7) is -0.0461. The second-order valence-corrected chi connectivity index (χ2v) is 6.48. The SMILES string of the molecule is COc1ccccc1NC(=O)Cn1cnc2c(nnn2Cc2cccc(F)c2)c1=O. The molecule has 4 rings (SSSR count). The standard InChI is InChI=1S/C20H17FN6O3/c1-30-16-8-3-2-7-15(16)23-17(28)11-26-12-22-19-18(20(26)29)24-25-27(19)10-13-5-4-6-14(21)9-13/h2-9,12H,10-11H2,1H3,(H,23,28). The largest absolute Gasteiger partial charge is 0.495 e. The van der Waals surface area contributed by atoms with Gasteiger partial charge in [-0.05, 0) is 29.8 Å². The average molecular weight is 408 g/mol. The molecule has 0 aliphatic heterocycles. The van der Waals surface area contributed by atoms with Gasteiger partial charge in [0.05, 0.1) is 19.3 Å². The topological polar surface area (TPSA) is 104 Å². The van der Waals surface area contributed by atoms with Gasteiger partial charge in [-0.25, -0.2) is 14.1 Å². The molecule has 0 aliphatic rings. The predicted octanol–water partition coefficient (Wildman–Crippen LogP) is 1.82. The summed E-state index contributed by atoms with van der Waals surface area (Å²) in [5, 5.41) is 10.5. The second-order valence-electron chi connectivity index (χ2n) is 6.48. The number of rotatable bonds is 6. The predicted molar refractivity (Wildman–Crippen MR) is 107 cm³/mol. The molecular formula is C20H17FN6O3. The number of benzene rings is 2. The van der Waals surface area contributed by atoms with Crippen LogP contribution in [0.15, 0.2) is 59.7 Å². The molecular weight excluding hydrogens is 391 g/mol. The quantitative estimate of drug-likeness (QED) is 0.522. The number of ether oxygens (including phenoxy) is 1. The summed E-state index contributed by atoms with van der Waals surface area (Å²) in [5.74, 6) is -0.282. The van der Waals surface area contributed by atoms with E-state index in [4.69, 9.17) is 4.74 Å². The molecule has 0 aliphatic carbocycles. The summed E-state index contributed by atoms with van der Waals surface area (Å²) in [6, 6.07) is 13.0. The molecule has 0 fully saturated rings. The zero-order chi connectivity index (χ0) is 21.1. The summed E-state index contributed by atoms with van der Waals surface area (Å²) < 4.78 is 21.1. The van der Waals surface area contributed by atoms with Gasteiger partial charge in [0, 0.05) is 0 Å². The van der Waals surface area contributed by atoms with E-state index >= 15 is 0 Å². The minimum Gasteiger partial charge on any atom is -0.495 e. The van der Waals surface area contributed by atoms with Crippen LogP contribution < -0.4 is 15.6 Å². The number of hydrogen-bond acceptors (Lipinski definition) is 6. The molecule has 1 amide bonds. The van der Waals surface area contributed by atoms with Crippen molar-refractivity contribution in [1.29, 1.82) is 0 Å². The van der Waals surface area contributed by atoms with Gasteiger partial charge in [-0.15, -0.1) is 5.10 Å². The van der Waals surface area contributed by atoms with Crippen LogP contribution in [0.1, 0.15) is 5.56 Å². The van der Waals surface area contributed by atoms with Crippen LogP contribution in [-0.2, 0) is 17.9 Å². The first-order chi connectivity index (χ1) is 14.5. The summed E-state index contributed by atoms with van der Waals surface area (Å²) in [4.78, 5) is 29.3. The maximum Gasteiger partial charge on any atom is 0.283 e. The number of methoxy groups -OCH3 is 1. The third kappa shape index (κ3) is 3.88. The van der Waals surface area contributed by atoms with Crippen molar-refractivity contribution in [1.82, 2.24) is 24.5 Å². The summed E-state index contributed by atoms with van der Waals surface area (Å²) >= 11 is 0. The summed E-state index contributed by atoms with van der Waals surface area (Å²) in [6.07, 6.45) is 1.26. The Hall–Kier alpha value is -4.08. The van der Waals surface area contributed by atoms with Gasteiger partial charge in [-0.1, -0.05) is 29.5 Å². The lowest BCUT2D eigenvalue weighted by atomic mass is 10.2. The Bertz CT molecular complexity index is 1280. The smallest absolute Gasteiger partial charge is 0.283 e. The van der Waals surface area contributed by atoms with E-state index in [0.29, 0.717) is 17.0 Å². The third-order valence-corrected chi connectivity index (χ3v) is 4.41. The van der Waals surface area contributed by atoms with Crippen LogP contribution in [0.3, 0.4) is 0 Å². The number of carbonyl (C=O) groups excluding carboxylic acids is 1. The lowest BCUT2D eigenvalue weighted by Gasteiger charge is -2.10. The van der Waals surface area contributed by atoms with E-state index in [1.165, 1.54) is 30.3 Å². The number of carbonyl (C=O) groups is 1. The molecule has 0 atom stereocenters. The molecule has 0 bridgehead atoms. The summed E-state index contributed by atoms with van der Waals surface area (Å²) in [7, 11) is 1.50. The van der Waals surface area contributed by atoms with Crippen LogP contribution in [-0.4, -0.2) is 37.6 Å². The van der Waals surface area contributed by atoms with Crippen molar-refractivity contribution in [2.24, 2.45) is 0 Å². The van der Waals surface area contributed by atoms with E-state index < -0.39 is 11.5 Å². The van der Waals surface area contributed by atoms with Crippen LogP contribution in [0, 0.1) is 5.82 Å². The third-order valence-electron chi connectivity index (χ3n) is 4.41. The van der Waals surface area contributed by atoms with Crippen molar-refractivity contribution in [3.05, 3.63) is 76.6 Å². The van der Waals surface area contributed by atoms with Gasteiger partial charge in [0.2, 0.25) is 5.91 Å². The number of fused-ring (bicyclic) bond motifs is 1. The Labute approximate surface area is 169 Å². The molecule has 9 nitrogen and oxygen atoms in total. The fraction of sp³-hybridized carbons (Fsp3) is 0.150. The molecule has 0 unspecified atom stereocenters. The Morgan fingerprint density at radius 2 is 2.03 bits per heavy atom. The molecule has 0 saturated heterocycles. The lowest BCUT2D eigenvalue weighted by Crippen LogP contribution is -2.28. The minimum absolute atomic E-state index is 0.0268. The van der Waals surface area contributed by atoms with Gasteiger partial charge in [0.15, 0.2) is 11.2 Å². The van der Waals surface area contributed by atoms with Crippen LogP contribution >= 0.6 is 0 Å². The highest BCUT2D eigenvalue weighted by Crippen LogP contribution is 2.22. The Balaban J connectivity index is 1.55. The molecule has 2 aromatic carbocycles. The molecule has 30 heavy (non-hydrogen) atoms. The van der Waals surface area contributed by atoms with Gasteiger partial charge < -0.3 is 10.1 Å². The highest BCUT2D eigenvalue weighted by Gasteiger charge is 2.15. The maximum absolute atomic E-state index is 13.4. The first-order valence-corrected chi connectivity index (χ1v) is 9.01. The highest BCUT2D eigenvalue weighted by atomic mass is 19.1. The van der Waals surface area contributed by atoms with E-state index in [-0.39, 0.29) is 30.1 Å². The van der Waals surface area contributed by atoms with E-state index in [1.807, 2.05) is 0 Å². The van der Waals surface area contributed by atoms with E-state index in [2.05, 4.69) is 20.6 Å². The molecule has 2 aromatic heterocycles. The number of halogens is 1. The fourth-order valence-electron chi connectivity index (χ4n) is 3.01. The zero-order valence-corrected chi connectivity index (χ0v) is 15.9. The Morgan fingerprint density at radius 3 is 2.83 bits per heavy atom. The lowest BCUT2D eigenvalue weighted by molar-refractivity contribution is -0.116. The summed E-state index contributed by atoms with van der Waals surface area (Å²) in [5.41, 5.74) is 0.933. The fourth-order valence-corrected chi connectivity index (χ4v) is 3.01. The monoisotopic (exact) mass is 408 g/mol. The highest BCUT2D eigenvalue weighted by molar-refractivity contribution is 5.92. The normalized spacial score (nSPS) is 10.9. The average Bonchev–Trinajstić information content (AvgIpc) is 3.14. The maximum atomic E-state index is 13.4. The van der Waals surface area contributed by atoms with Crippen LogP contribution in [0.5, 0.6) is 5.75 Å². The first kappa shape index (κ1) is 19.2. The number of para-hydroxylation sites is 2.